The molecule has 0 radical (unpaired) electrons. The van der Waals surface area contributed by atoms with Crippen LogP contribution in [-0.4, -0.2) is 61.3 Å². The molecule has 0 saturated carbocycles. The monoisotopic (exact) mass is 317 g/mol. The first-order valence-electron chi connectivity index (χ1n) is 8.49. The number of anilines is 1. The SMILES string of the molecule is CN(C)C1CCOC2(CCN(C(=O)Nc3ccccc3)CC2)C1. The second-order valence-corrected chi connectivity index (χ2v) is 6.92. The normalized spacial score (nSPS) is 24.0. The molecule has 2 saturated heterocycles. The minimum absolute atomic E-state index is 0.00832. The lowest BCUT2D eigenvalue weighted by molar-refractivity contribution is -0.125. The van der Waals surface area contributed by atoms with Crippen LogP contribution in [0.25, 0.3) is 0 Å². The maximum Gasteiger partial charge on any atom is 0.321 e. The van der Waals surface area contributed by atoms with Crippen LogP contribution in [0.2, 0.25) is 0 Å². The quantitative estimate of drug-likeness (QED) is 0.912. The van der Waals surface area contributed by atoms with Crippen LogP contribution in [0, 0.1) is 0 Å². The van der Waals surface area contributed by atoms with Crippen LogP contribution in [0.3, 0.4) is 0 Å². The molecule has 1 spiro atoms. The van der Waals surface area contributed by atoms with Gasteiger partial charge in [-0.25, -0.2) is 4.79 Å². The minimum Gasteiger partial charge on any atom is -0.375 e. The number of piperidine rings is 1. The number of para-hydroxylation sites is 1. The Morgan fingerprint density at radius 3 is 2.61 bits per heavy atom. The van der Waals surface area contributed by atoms with Crippen molar-refractivity contribution in [3.8, 4) is 0 Å². The van der Waals surface area contributed by atoms with Gasteiger partial charge < -0.3 is 19.9 Å². The van der Waals surface area contributed by atoms with Gasteiger partial charge in [0.15, 0.2) is 0 Å². The van der Waals surface area contributed by atoms with Gasteiger partial charge in [0.25, 0.3) is 0 Å². The fourth-order valence-corrected chi connectivity index (χ4v) is 3.63. The van der Waals surface area contributed by atoms with E-state index in [1.807, 2.05) is 35.2 Å². The van der Waals surface area contributed by atoms with Gasteiger partial charge in [-0.05, 0) is 51.9 Å². The summed E-state index contributed by atoms with van der Waals surface area (Å²) in [4.78, 5) is 16.6. The Morgan fingerprint density at radius 2 is 1.96 bits per heavy atom. The summed E-state index contributed by atoms with van der Waals surface area (Å²) in [5.74, 6) is 0. The molecule has 0 bridgehead atoms. The van der Waals surface area contributed by atoms with Gasteiger partial charge in [-0.1, -0.05) is 18.2 Å². The molecule has 23 heavy (non-hydrogen) atoms. The van der Waals surface area contributed by atoms with Gasteiger partial charge in [0.2, 0.25) is 0 Å². The van der Waals surface area contributed by atoms with Crippen LogP contribution < -0.4 is 5.32 Å². The number of ether oxygens (including phenoxy) is 1. The van der Waals surface area contributed by atoms with Crippen molar-refractivity contribution >= 4 is 11.7 Å². The van der Waals surface area contributed by atoms with Crippen molar-refractivity contribution in [3.05, 3.63) is 30.3 Å². The van der Waals surface area contributed by atoms with Crippen molar-refractivity contribution in [2.24, 2.45) is 0 Å². The maximum absolute atomic E-state index is 12.4. The van der Waals surface area contributed by atoms with Crippen molar-refractivity contribution in [2.45, 2.75) is 37.3 Å². The highest BCUT2D eigenvalue weighted by atomic mass is 16.5. The molecule has 1 N–H and O–H groups in total. The lowest BCUT2D eigenvalue weighted by Crippen LogP contribution is -2.54. The van der Waals surface area contributed by atoms with E-state index in [9.17, 15) is 4.79 Å². The number of urea groups is 1. The predicted molar refractivity (Wildman–Crippen MR) is 91.7 cm³/mol. The fraction of sp³-hybridized carbons (Fsp3) is 0.611. The molecule has 0 aliphatic carbocycles. The van der Waals surface area contributed by atoms with Crippen molar-refractivity contribution in [1.29, 1.82) is 0 Å². The Hall–Kier alpha value is -1.59. The molecule has 1 aromatic rings. The minimum atomic E-state index is -0.0310. The molecule has 126 valence electrons. The Morgan fingerprint density at radius 1 is 1.26 bits per heavy atom. The standard InChI is InChI=1S/C18H27N3O2/c1-20(2)16-8-13-23-18(14-16)9-11-21(12-10-18)17(22)19-15-6-4-3-5-7-15/h3-7,16H,8-14H2,1-2H3,(H,19,22). The zero-order chi connectivity index (χ0) is 16.3. The topological polar surface area (TPSA) is 44.8 Å². The average molecular weight is 317 g/mol. The Bertz CT molecular complexity index is 524. The van der Waals surface area contributed by atoms with E-state index in [-0.39, 0.29) is 11.6 Å². The lowest BCUT2D eigenvalue weighted by atomic mass is 9.82. The molecule has 2 amide bonds. The number of hydrogen-bond donors (Lipinski definition) is 1. The highest BCUT2D eigenvalue weighted by molar-refractivity contribution is 5.89. The molecule has 2 fully saturated rings. The number of benzene rings is 1. The van der Waals surface area contributed by atoms with Crippen LogP contribution >= 0.6 is 0 Å². The van der Waals surface area contributed by atoms with E-state index in [1.165, 1.54) is 0 Å². The largest absolute Gasteiger partial charge is 0.375 e. The fourth-order valence-electron chi connectivity index (χ4n) is 3.63. The molecule has 1 unspecified atom stereocenters. The molecule has 3 rings (SSSR count). The number of amides is 2. The summed E-state index contributed by atoms with van der Waals surface area (Å²) in [5, 5.41) is 2.97. The number of nitrogens with one attached hydrogen (secondary N) is 1. The molecule has 5 heteroatoms. The Kier molecular flexibility index (Phi) is 4.87. The molecule has 5 nitrogen and oxygen atoms in total. The van der Waals surface area contributed by atoms with Crippen molar-refractivity contribution < 1.29 is 9.53 Å². The lowest BCUT2D eigenvalue weighted by Gasteiger charge is -2.47. The van der Waals surface area contributed by atoms with E-state index in [1.54, 1.807) is 0 Å². The first-order valence-corrected chi connectivity index (χ1v) is 8.49. The molecule has 1 atom stereocenters. The number of carbonyl (C=O) groups is 1. The summed E-state index contributed by atoms with van der Waals surface area (Å²) < 4.78 is 6.15. The van der Waals surface area contributed by atoms with Gasteiger partial charge in [0.05, 0.1) is 5.60 Å². The average Bonchev–Trinajstić information content (AvgIpc) is 2.56. The van der Waals surface area contributed by atoms with Gasteiger partial charge in [0, 0.05) is 31.4 Å². The highest BCUT2D eigenvalue weighted by Crippen LogP contribution is 2.36. The summed E-state index contributed by atoms with van der Waals surface area (Å²) >= 11 is 0. The van der Waals surface area contributed by atoms with E-state index in [4.69, 9.17) is 4.74 Å². The van der Waals surface area contributed by atoms with E-state index < -0.39 is 0 Å². The van der Waals surface area contributed by atoms with Crippen LogP contribution in [0.4, 0.5) is 10.5 Å². The second-order valence-electron chi connectivity index (χ2n) is 6.92. The highest BCUT2D eigenvalue weighted by Gasteiger charge is 2.41. The summed E-state index contributed by atoms with van der Waals surface area (Å²) in [5.41, 5.74) is 0.816. The smallest absolute Gasteiger partial charge is 0.321 e. The number of nitrogens with zero attached hydrogens (tertiary/aromatic N) is 2. The Balaban J connectivity index is 1.54. The van der Waals surface area contributed by atoms with E-state index >= 15 is 0 Å². The van der Waals surface area contributed by atoms with E-state index in [2.05, 4.69) is 24.3 Å². The predicted octanol–water partition coefficient (Wildman–Crippen LogP) is 2.79. The first-order chi connectivity index (χ1) is 11.1. The third-order valence-electron chi connectivity index (χ3n) is 5.18. The second kappa shape index (κ2) is 6.89. The number of likely N-dealkylation sites (tertiary alicyclic amines) is 1. The van der Waals surface area contributed by atoms with Gasteiger partial charge in [-0.15, -0.1) is 0 Å². The molecule has 0 aromatic heterocycles. The van der Waals surface area contributed by atoms with Crippen LogP contribution in [-0.2, 0) is 4.74 Å². The van der Waals surface area contributed by atoms with Crippen molar-refractivity contribution in [1.82, 2.24) is 9.80 Å². The van der Waals surface area contributed by atoms with Crippen LogP contribution in [0.1, 0.15) is 25.7 Å². The number of rotatable bonds is 2. The molecule has 2 aliphatic rings. The third-order valence-corrected chi connectivity index (χ3v) is 5.18. The number of carbonyl (C=O) groups excluding carboxylic acids is 1. The molecular weight excluding hydrogens is 290 g/mol. The van der Waals surface area contributed by atoms with Crippen LogP contribution in [0.5, 0.6) is 0 Å². The van der Waals surface area contributed by atoms with Gasteiger partial charge in [0.1, 0.15) is 0 Å². The summed E-state index contributed by atoms with van der Waals surface area (Å²) in [7, 11) is 4.29. The molecule has 2 heterocycles. The van der Waals surface area contributed by atoms with Gasteiger partial charge >= 0.3 is 6.03 Å². The van der Waals surface area contributed by atoms with E-state index in [0.29, 0.717) is 6.04 Å². The van der Waals surface area contributed by atoms with Crippen LogP contribution in [0.15, 0.2) is 30.3 Å². The summed E-state index contributed by atoms with van der Waals surface area (Å²) in [6, 6.07) is 10.2. The molecule has 1 aromatic carbocycles. The number of hydrogen-bond acceptors (Lipinski definition) is 3. The van der Waals surface area contributed by atoms with Crippen molar-refractivity contribution in [2.75, 3.05) is 39.1 Å². The van der Waals surface area contributed by atoms with Gasteiger partial charge in [-0.3, -0.25) is 0 Å². The zero-order valence-corrected chi connectivity index (χ0v) is 14.1. The summed E-state index contributed by atoms with van der Waals surface area (Å²) in [6.45, 7) is 2.36. The summed E-state index contributed by atoms with van der Waals surface area (Å²) in [6.07, 6.45) is 4.04. The van der Waals surface area contributed by atoms with Crippen molar-refractivity contribution in [3.63, 3.8) is 0 Å². The maximum atomic E-state index is 12.4. The molecular formula is C18H27N3O2. The van der Waals surface area contributed by atoms with Gasteiger partial charge in [-0.2, -0.15) is 0 Å². The Labute approximate surface area is 138 Å². The third kappa shape index (κ3) is 3.85. The van der Waals surface area contributed by atoms with E-state index in [0.717, 1.165) is 51.1 Å². The zero-order valence-electron chi connectivity index (χ0n) is 14.1. The molecule has 2 aliphatic heterocycles. The first kappa shape index (κ1) is 16.3.